The van der Waals surface area contributed by atoms with Crippen LogP contribution in [0.5, 0.6) is 0 Å². The van der Waals surface area contributed by atoms with Gasteiger partial charge in [-0.15, -0.1) is 0 Å². The highest BCUT2D eigenvalue weighted by molar-refractivity contribution is 8.76. The summed E-state index contributed by atoms with van der Waals surface area (Å²) in [5.41, 5.74) is 6.89. The van der Waals surface area contributed by atoms with Crippen molar-refractivity contribution < 1.29 is 28.6 Å². The number of nitrogens with one attached hydrogen (secondary N) is 2. The molecule has 1 amide bonds. The van der Waals surface area contributed by atoms with Crippen LogP contribution in [-0.2, 0) is 28.6 Å². The summed E-state index contributed by atoms with van der Waals surface area (Å²) in [7, 11) is 5.73. The average molecular weight is 703 g/mol. The molecule has 12 atom stereocenters. The first-order valence-corrected chi connectivity index (χ1v) is 20.6. The third-order valence-corrected chi connectivity index (χ3v) is 15.4. The van der Waals surface area contributed by atoms with E-state index in [0.29, 0.717) is 56.1 Å². The number of fused-ring (bicyclic) bond motifs is 7. The van der Waals surface area contributed by atoms with Crippen LogP contribution in [0.2, 0.25) is 0 Å². The highest BCUT2D eigenvalue weighted by atomic mass is 33.1. The third-order valence-electron chi connectivity index (χ3n) is 13.0. The second kappa shape index (κ2) is 13.9. The van der Waals surface area contributed by atoms with Gasteiger partial charge < -0.3 is 35.5 Å². The van der Waals surface area contributed by atoms with Crippen LogP contribution in [0, 0.1) is 35.5 Å². The molecular weight excluding hydrogens is 649 g/mol. The summed E-state index contributed by atoms with van der Waals surface area (Å²) in [5.74, 6) is 2.68. The van der Waals surface area contributed by atoms with Crippen molar-refractivity contribution in [2.75, 3.05) is 38.2 Å². The normalized spacial score (nSPS) is 44.7. The van der Waals surface area contributed by atoms with Gasteiger partial charge in [0.2, 0.25) is 5.91 Å². The van der Waals surface area contributed by atoms with Gasteiger partial charge in [0.25, 0.3) is 0 Å². The number of nitrogens with two attached hydrogens (primary N) is 1. The molecule has 48 heavy (non-hydrogen) atoms. The van der Waals surface area contributed by atoms with E-state index in [9.17, 15) is 14.4 Å². The SMILES string of the molecule is CC=C(C)C(=O)O[C@@]1(C)CC=C2CSSC[C@H]3[C@@H](CNC)CN3C(=O)CC3CNC(N)CC3[C@H]2[C@@]12CC1CC3CCC(=O)OC3CC1O2. The Morgan fingerprint density at radius 3 is 2.83 bits per heavy atom. The summed E-state index contributed by atoms with van der Waals surface area (Å²) < 4.78 is 20.0. The van der Waals surface area contributed by atoms with Crippen LogP contribution in [0.1, 0.15) is 72.1 Å². The van der Waals surface area contributed by atoms with E-state index in [-0.39, 0.29) is 65.9 Å². The molecule has 1 saturated carbocycles. The maximum Gasteiger partial charge on any atom is 0.334 e. The van der Waals surface area contributed by atoms with Gasteiger partial charge in [-0.2, -0.15) is 0 Å². The Morgan fingerprint density at radius 1 is 1.21 bits per heavy atom. The van der Waals surface area contributed by atoms with Gasteiger partial charge in [0.1, 0.15) is 17.3 Å². The number of hydrogen-bond donors (Lipinski definition) is 3. The Balaban J connectivity index is 1.28. The molecule has 7 unspecified atom stereocenters. The number of carbonyl (C=O) groups is 3. The van der Waals surface area contributed by atoms with E-state index >= 15 is 0 Å². The number of esters is 2. The smallest absolute Gasteiger partial charge is 0.334 e. The molecule has 0 aromatic rings. The maximum atomic E-state index is 14.1. The van der Waals surface area contributed by atoms with E-state index < -0.39 is 11.2 Å². The van der Waals surface area contributed by atoms with E-state index in [1.807, 2.05) is 35.6 Å². The first-order valence-electron chi connectivity index (χ1n) is 18.2. The van der Waals surface area contributed by atoms with E-state index in [1.54, 1.807) is 13.0 Å². The summed E-state index contributed by atoms with van der Waals surface area (Å²) in [6.07, 6.45) is 9.17. The predicted octanol–water partition coefficient (Wildman–Crippen LogP) is 3.80. The molecule has 4 N–H and O–H groups in total. The zero-order valence-corrected chi connectivity index (χ0v) is 30.5. The number of carbonyl (C=O) groups excluding carboxylic acids is 3. The minimum atomic E-state index is -0.928. The number of allylic oxidation sites excluding steroid dienone is 1. The molecule has 5 aliphatic heterocycles. The van der Waals surface area contributed by atoms with E-state index in [0.717, 1.165) is 43.9 Å². The summed E-state index contributed by atoms with van der Waals surface area (Å²) in [6, 6.07) is 0.248. The molecule has 0 aromatic carbocycles. The van der Waals surface area contributed by atoms with Crippen molar-refractivity contribution in [3.63, 3.8) is 0 Å². The number of amides is 1. The van der Waals surface area contributed by atoms with Crippen molar-refractivity contribution in [3.8, 4) is 0 Å². The highest BCUT2D eigenvalue weighted by Crippen LogP contribution is 2.62. The zero-order valence-electron chi connectivity index (χ0n) is 28.9. The lowest BCUT2D eigenvalue weighted by Crippen LogP contribution is -2.66. The number of rotatable bonds is 4. The molecule has 2 aliphatic carbocycles. The molecule has 10 nitrogen and oxygen atoms in total. The Labute approximate surface area is 293 Å². The zero-order chi connectivity index (χ0) is 33.8. The molecule has 0 radical (unpaired) electrons. The van der Waals surface area contributed by atoms with Gasteiger partial charge in [0.15, 0.2) is 0 Å². The van der Waals surface area contributed by atoms with Crippen molar-refractivity contribution >= 4 is 39.4 Å². The number of ether oxygens (including phenoxy) is 3. The summed E-state index contributed by atoms with van der Waals surface area (Å²) in [5, 5.41) is 6.84. The number of nitrogens with zero attached hydrogens (tertiary/aromatic N) is 1. The minimum Gasteiger partial charge on any atom is -0.462 e. The van der Waals surface area contributed by atoms with Gasteiger partial charge in [-0.25, -0.2) is 4.79 Å². The molecular formula is C36H54N4O6S2. The van der Waals surface area contributed by atoms with Crippen LogP contribution in [-0.4, -0.2) is 96.6 Å². The van der Waals surface area contributed by atoms with Crippen LogP contribution in [0.15, 0.2) is 23.3 Å². The molecule has 7 aliphatic rings. The van der Waals surface area contributed by atoms with Crippen molar-refractivity contribution in [2.45, 2.75) is 108 Å². The summed E-state index contributed by atoms with van der Waals surface area (Å²) in [4.78, 5) is 42.1. The lowest BCUT2D eigenvalue weighted by Gasteiger charge is -2.57. The van der Waals surface area contributed by atoms with Gasteiger partial charge in [0.05, 0.1) is 12.3 Å². The maximum absolute atomic E-state index is 14.1. The van der Waals surface area contributed by atoms with Crippen LogP contribution >= 0.6 is 21.6 Å². The Kier molecular flexibility index (Phi) is 10.1. The molecule has 266 valence electrons. The van der Waals surface area contributed by atoms with Crippen LogP contribution in [0.3, 0.4) is 0 Å². The Morgan fingerprint density at radius 2 is 2.04 bits per heavy atom. The van der Waals surface area contributed by atoms with E-state index in [1.165, 1.54) is 5.57 Å². The van der Waals surface area contributed by atoms with Gasteiger partial charge >= 0.3 is 11.9 Å². The summed E-state index contributed by atoms with van der Waals surface area (Å²) in [6.45, 7) is 8.13. The molecule has 5 saturated heterocycles. The Hall–Kier alpha value is -1.57. The molecule has 0 aromatic heterocycles. The Bertz CT molecular complexity index is 1350. The lowest BCUT2D eigenvalue weighted by molar-refractivity contribution is -0.229. The van der Waals surface area contributed by atoms with Crippen molar-refractivity contribution in [1.82, 2.24) is 15.5 Å². The fourth-order valence-electron chi connectivity index (χ4n) is 10.3. The van der Waals surface area contributed by atoms with Crippen LogP contribution in [0.4, 0.5) is 0 Å². The fraction of sp³-hybridized carbons (Fsp3) is 0.806. The molecule has 7 rings (SSSR count). The van der Waals surface area contributed by atoms with Crippen molar-refractivity contribution in [1.29, 1.82) is 0 Å². The lowest BCUT2D eigenvalue weighted by atomic mass is 9.56. The second-order valence-electron chi connectivity index (χ2n) is 15.7. The number of hydrogen-bond acceptors (Lipinski definition) is 11. The molecule has 6 fully saturated rings. The van der Waals surface area contributed by atoms with Gasteiger partial charge in [-0.05, 0) is 77.2 Å². The molecule has 12 heteroatoms. The van der Waals surface area contributed by atoms with Crippen molar-refractivity contribution in [3.05, 3.63) is 23.3 Å². The van der Waals surface area contributed by atoms with E-state index in [4.69, 9.17) is 19.9 Å². The topological polar surface area (TPSA) is 132 Å². The molecule has 1 spiro atoms. The minimum absolute atomic E-state index is 0.0637. The van der Waals surface area contributed by atoms with Gasteiger partial charge in [0, 0.05) is 80.3 Å². The molecule has 5 heterocycles. The van der Waals surface area contributed by atoms with E-state index in [2.05, 4.69) is 28.5 Å². The monoisotopic (exact) mass is 702 g/mol. The first kappa shape index (κ1) is 34.9. The van der Waals surface area contributed by atoms with Crippen LogP contribution < -0.4 is 16.4 Å². The standard InChI is InChI=1S/C36H54N4O6S2/c1-5-20(2)34(43)46-35(3)9-8-22-18-47-48-19-27-25(15-38-4)17-40(27)31(41)11-24-16-39-30(37)12-26(24)33(22)36(35)14-23-10-21-6-7-32(42)44-28(21)13-29(23)45-36/h5,8,21,23-30,33,38-39H,6-7,9-19,37H2,1-4H3/t21?,23?,24?,25-,26?,27-,28?,29?,30?,33-,35-,36-/m0/s1. The predicted molar refractivity (Wildman–Crippen MR) is 188 cm³/mol. The van der Waals surface area contributed by atoms with Crippen molar-refractivity contribution in [2.24, 2.45) is 41.2 Å². The third kappa shape index (κ3) is 6.18. The number of piperidine rings is 1. The highest BCUT2D eigenvalue weighted by Gasteiger charge is 2.68. The second-order valence-corrected chi connectivity index (χ2v) is 18.2. The fourth-order valence-corrected chi connectivity index (χ4v) is 12.8. The van der Waals surface area contributed by atoms with Gasteiger partial charge in [-0.1, -0.05) is 39.3 Å². The summed E-state index contributed by atoms with van der Waals surface area (Å²) >= 11 is 0. The first-order chi connectivity index (χ1) is 23.1. The largest absolute Gasteiger partial charge is 0.462 e. The molecule has 0 bridgehead atoms. The van der Waals surface area contributed by atoms with Gasteiger partial charge in [-0.3, -0.25) is 9.59 Å². The average Bonchev–Trinajstić information content (AvgIpc) is 3.42. The quantitative estimate of drug-likeness (QED) is 0.171. The van der Waals surface area contributed by atoms with Crippen LogP contribution in [0.25, 0.3) is 0 Å².